The lowest BCUT2D eigenvalue weighted by atomic mass is 10.1. The van der Waals surface area contributed by atoms with Crippen LogP contribution in [0.15, 0.2) is 48.7 Å². The van der Waals surface area contributed by atoms with Crippen LogP contribution in [0.5, 0.6) is 0 Å². The fourth-order valence-corrected chi connectivity index (χ4v) is 3.55. The van der Waals surface area contributed by atoms with E-state index >= 15 is 0 Å². The summed E-state index contributed by atoms with van der Waals surface area (Å²) in [5.41, 5.74) is 7.37. The summed E-state index contributed by atoms with van der Waals surface area (Å²) in [7, 11) is 2.03. The third-order valence-electron chi connectivity index (χ3n) is 5.38. The van der Waals surface area contributed by atoms with Crippen LogP contribution in [0.4, 0.5) is 0 Å². The van der Waals surface area contributed by atoms with Gasteiger partial charge in [-0.05, 0) is 44.4 Å². The van der Waals surface area contributed by atoms with Crippen molar-refractivity contribution in [3.8, 4) is 11.3 Å². The highest BCUT2D eigenvalue weighted by Gasteiger charge is 2.30. The van der Waals surface area contributed by atoms with E-state index in [9.17, 15) is 0 Å². The third-order valence-corrected chi connectivity index (χ3v) is 5.38. The molecule has 1 fully saturated rings. The number of rotatable bonds is 6. The van der Waals surface area contributed by atoms with Crippen molar-refractivity contribution in [2.45, 2.75) is 45.8 Å². The molecule has 0 amide bonds. The minimum Gasteiger partial charge on any atom is -0.292 e. The van der Waals surface area contributed by atoms with Crippen LogP contribution in [0.2, 0.25) is 0 Å². The molecule has 1 saturated carbocycles. The smallest absolute Gasteiger partial charge is 0.0701 e. The number of hydrogen-bond donors (Lipinski definition) is 0. The average molecular weight is 346 g/mol. The summed E-state index contributed by atoms with van der Waals surface area (Å²) in [5, 5.41) is 4.58. The zero-order valence-corrected chi connectivity index (χ0v) is 15.8. The Hall–Kier alpha value is -2.46. The van der Waals surface area contributed by atoms with Gasteiger partial charge in [-0.15, -0.1) is 0 Å². The van der Waals surface area contributed by atoms with Gasteiger partial charge in [-0.3, -0.25) is 14.6 Å². The second-order valence-electron chi connectivity index (χ2n) is 7.32. The predicted molar refractivity (Wildman–Crippen MR) is 105 cm³/mol. The fraction of sp³-hybridized carbons (Fsp3) is 0.364. The summed E-state index contributed by atoms with van der Waals surface area (Å²) in [6.45, 7) is 6.26. The zero-order valence-electron chi connectivity index (χ0n) is 15.8. The maximum absolute atomic E-state index is 4.58. The molecule has 0 N–H and O–H groups in total. The second-order valence-corrected chi connectivity index (χ2v) is 7.32. The summed E-state index contributed by atoms with van der Waals surface area (Å²) < 4.78 is 2.00. The lowest BCUT2D eigenvalue weighted by Gasteiger charge is -2.22. The first-order chi connectivity index (χ1) is 12.6. The first kappa shape index (κ1) is 17.0. The van der Waals surface area contributed by atoms with Crippen molar-refractivity contribution in [3.05, 3.63) is 71.2 Å². The minimum atomic E-state index is 0.712. The summed E-state index contributed by atoms with van der Waals surface area (Å²) in [6.07, 6.45) is 4.46. The topological polar surface area (TPSA) is 34.0 Å². The molecule has 0 spiro atoms. The van der Waals surface area contributed by atoms with Crippen molar-refractivity contribution in [2.24, 2.45) is 7.05 Å². The highest BCUT2D eigenvalue weighted by Crippen LogP contribution is 2.31. The van der Waals surface area contributed by atoms with Crippen molar-refractivity contribution in [3.63, 3.8) is 0 Å². The van der Waals surface area contributed by atoms with Crippen LogP contribution in [0.1, 0.15) is 35.4 Å². The van der Waals surface area contributed by atoms with E-state index in [4.69, 9.17) is 0 Å². The van der Waals surface area contributed by atoms with Gasteiger partial charge in [0.1, 0.15) is 0 Å². The number of pyridine rings is 1. The Bertz CT molecular complexity index is 877. The van der Waals surface area contributed by atoms with E-state index in [-0.39, 0.29) is 0 Å². The monoisotopic (exact) mass is 346 g/mol. The van der Waals surface area contributed by atoms with E-state index in [2.05, 4.69) is 59.2 Å². The van der Waals surface area contributed by atoms with Gasteiger partial charge in [0.2, 0.25) is 0 Å². The van der Waals surface area contributed by atoms with Crippen molar-refractivity contribution in [2.75, 3.05) is 0 Å². The first-order valence-corrected chi connectivity index (χ1v) is 9.35. The van der Waals surface area contributed by atoms with Crippen molar-refractivity contribution < 1.29 is 0 Å². The van der Waals surface area contributed by atoms with Gasteiger partial charge in [0.15, 0.2) is 0 Å². The first-order valence-electron chi connectivity index (χ1n) is 9.35. The molecule has 4 rings (SSSR count). The number of benzene rings is 1. The highest BCUT2D eigenvalue weighted by atomic mass is 15.3. The third kappa shape index (κ3) is 3.56. The molecular weight excluding hydrogens is 320 g/mol. The van der Waals surface area contributed by atoms with Crippen LogP contribution >= 0.6 is 0 Å². The van der Waals surface area contributed by atoms with Gasteiger partial charge in [-0.2, -0.15) is 5.10 Å². The molecule has 3 aromatic rings. The molecule has 0 bridgehead atoms. The maximum Gasteiger partial charge on any atom is 0.0701 e. The molecule has 4 nitrogen and oxygen atoms in total. The molecule has 1 aliphatic carbocycles. The Labute approximate surface area is 155 Å². The number of aryl methyl sites for hydroxylation is 2. The molecule has 134 valence electrons. The standard InChI is InChI=1S/C22H26N4/c1-16-21(17(2)25(3)24-16)15-26(20-11-12-20)14-18-7-9-19(10-8-18)22-6-4-5-13-23-22/h4-10,13,20H,11-12,14-15H2,1-3H3. The summed E-state index contributed by atoms with van der Waals surface area (Å²) in [5.74, 6) is 0. The second kappa shape index (κ2) is 7.04. The van der Waals surface area contributed by atoms with E-state index in [1.807, 2.05) is 30.1 Å². The fourth-order valence-electron chi connectivity index (χ4n) is 3.55. The van der Waals surface area contributed by atoms with Crippen LogP contribution in [-0.2, 0) is 20.1 Å². The van der Waals surface area contributed by atoms with E-state index in [0.717, 1.165) is 24.5 Å². The number of aromatic nitrogens is 3. The molecule has 1 aromatic carbocycles. The summed E-state index contributed by atoms with van der Waals surface area (Å²) >= 11 is 0. The van der Waals surface area contributed by atoms with Gasteiger partial charge < -0.3 is 0 Å². The van der Waals surface area contributed by atoms with E-state index in [1.54, 1.807) is 0 Å². The number of hydrogen-bond acceptors (Lipinski definition) is 3. The molecule has 26 heavy (non-hydrogen) atoms. The molecular formula is C22H26N4. The Morgan fingerprint density at radius 3 is 2.38 bits per heavy atom. The maximum atomic E-state index is 4.58. The summed E-state index contributed by atoms with van der Waals surface area (Å²) in [6, 6.07) is 15.6. The van der Waals surface area contributed by atoms with Gasteiger partial charge in [0.25, 0.3) is 0 Å². The van der Waals surface area contributed by atoms with Crippen molar-refractivity contribution in [1.82, 2.24) is 19.7 Å². The molecule has 0 unspecified atom stereocenters. The quantitative estimate of drug-likeness (QED) is 0.669. The molecule has 0 saturated heterocycles. The molecule has 0 atom stereocenters. The van der Waals surface area contributed by atoms with E-state index < -0.39 is 0 Å². The Morgan fingerprint density at radius 1 is 1.04 bits per heavy atom. The lowest BCUT2D eigenvalue weighted by molar-refractivity contribution is 0.245. The number of nitrogens with zero attached hydrogens (tertiary/aromatic N) is 4. The molecule has 4 heteroatoms. The van der Waals surface area contributed by atoms with Gasteiger partial charge in [-0.1, -0.05) is 30.3 Å². The highest BCUT2D eigenvalue weighted by molar-refractivity contribution is 5.58. The largest absolute Gasteiger partial charge is 0.292 e. The Kier molecular flexibility index (Phi) is 4.60. The SMILES string of the molecule is Cc1nn(C)c(C)c1CN(Cc1ccc(-c2ccccn2)cc1)C1CC1. The molecule has 2 aromatic heterocycles. The minimum absolute atomic E-state index is 0.712. The van der Waals surface area contributed by atoms with Crippen LogP contribution in [0.25, 0.3) is 11.3 Å². The average Bonchev–Trinajstić information content (AvgIpc) is 3.47. The van der Waals surface area contributed by atoms with Crippen LogP contribution in [0.3, 0.4) is 0 Å². The Balaban J connectivity index is 1.50. The van der Waals surface area contributed by atoms with E-state index in [1.165, 1.54) is 35.2 Å². The zero-order chi connectivity index (χ0) is 18.1. The van der Waals surface area contributed by atoms with Gasteiger partial charge in [-0.25, -0.2) is 0 Å². The molecule has 1 aliphatic rings. The van der Waals surface area contributed by atoms with Crippen LogP contribution in [0, 0.1) is 13.8 Å². The van der Waals surface area contributed by atoms with Gasteiger partial charge in [0, 0.05) is 49.2 Å². The lowest BCUT2D eigenvalue weighted by Crippen LogP contribution is -2.25. The van der Waals surface area contributed by atoms with Gasteiger partial charge in [0.05, 0.1) is 11.4 Å². The van der Waals surface area contributed by atoms with Crippen LogP contribution in [-0.4, -0.2) is 25.7 Å². The molecule has 2 heterocycles. The normalized spacial score (nSPS) is 14.2. The van der Waals surface area contributed by atoms with Crippen LogP contribution < -0.4 is 0 Å². The predicted octanol–water partition coefficient (Wildman–Crippen LogP) is 4.26. The van der Waals surface area contributed by atoms with Crippen molar-refractivity contribution >= 4 is 0 Å². The Morgan fingerprint density at radius 2 is 1.81 bits per heavy atom. The summed E-state index contributed by atoms with van der Waals surface area (Å²) in [4.78, 5) is 7.04. The molecule has 0 radical (unpaired) electrons. The van der Waals surface area contributed by atoms with Gasteiger partial charge >= 0.3 is 0 Å². The molecule has 0 aliphatic heterocycles. The van der Waals surface area contributed by atoms with E-state index in [0.29, 0.717) is 6.04 Å². The van der Waals surface area contributed by atoms with Crippen molar-refractivity contribution in [1.29, 1.82) is 0 Å².